The van der Waals surface area contributed by atoms with Crippen LogP contribution in [0.15, 0.2) is 29.3 Å². The quantitative estimate of drug-likeness (QED) is 0.797. The van der Waals surface area contributed by atoms with Crippen molar-refractivity contribution in [2.24, 2.45) is 4.99 Å². The van der Waals surface area contributed by atoms with Crippen molar-refractivity contribution >= 4 is 5.90 Å². The van der Waals surface area contributed by atoms with Crippen LogP contribution < -0.4 is 4.74 Å². The lowest BCUT2D eigenvalue weighted by molar-refractivity contribution is -0.274. The van der Waals surface area contributed by atoms with Crippen molar-refractivity contribution in [3.8, 4) is 5.75 Å². The van der Waals surface area contributed by atoms with Crippen LogP contribution in [0, 0.1) is 0 Å². The molecule has 1 aliphatic heterocycles. The summed E-state index contributed by atoms with van der Waals surface area (Å²) in [6.07, 6.45) is -15.0. The maximum absolute atomic E-state index is 12.4. The molecule has 0 bridgehead atoms. The molecule has 0 spiro atoms. The average molecular weight is 373 g/mol. The molecule has 3 unspecified atom stereocenters. The van der Waals surface area contributed by atoms with E-state index in [0.717, 1.165) is 12.1 Å². The van der Waals surface area contributed by atoms with Crippen molar-refractivity contribution in [3.05, 3.63) is 29.8 Å². The Hall–Kier alpha value is -2.01. The summed E-state index contributed by atoms with van der Waals surface area (Å²) in [7, 11) is 0. The number of ether oxygens (including phenoxy) is 2. The number of halogens is 6. The van der Waals surface area contributed by atoms with E-state index in [1.165, 1.54) is 12.1 Å². The summed E-state index contributed by atoms with van der Waals surface area (Å²) >= 11 is 0. The summed E-state index contributed by atoms with van der Waals surface area (Å²) in [5.41, 5.74) is -0.0213. The molecule has 0 saturated carbocycles. The Bertz CT molecular complexity index is 630. The summed E-state index contributed by atoms with van der Waals surface area (Å²) in [6.45, 7) is 0. The van der Waals surface area contributed by atoms with Crippen LogP contribution in [-0.4, -0.2) is 47.1 Å². The minimum absolute atomic E-state index is 0.0213. The van der Waals surface area contributed by atoms with Crippen LogP contribution in [0.4, 0.5) is 26.3 Å². The van der Waals surface area contributed by atoms with Crippen molar-refractivity contribution in [2.75, 3.05) is 0 Å². The molecular weight excluding hydrogens is 360 g/mol. The number of aliphatic hydroxyl groups is 2. The van der Waals surface area contributed by atoms with E-state index in [1.54, 1.807) is 0 Å². The number of alkyl halides is 6. The first kappa shape index (κ1) is 19.3. The molecule has 2 rings (SSSR count). The lowest BCUT2D eigenvalue weighted by Gasteiger charge is -2.27. The number of aliphatic hydroxyl groups excluding tert-OH is 2. The standard InChI is InChI=1S/C14H13F6NO4/c15-13(16,17)10(22)5-8-6-11(23)24-12(21-8)7-2-1-3-9(4-7)25-14(18,19)20/h1-4,8,10-11,22-23H,5-6H2. The van der Waals surface area contributed by atoms with E-state index in [4.69, 9.17) is 9.84 Å². The number of hydrogen-bond acceptors (Lipinski definition) is 5. The Morgan fingerprint density at radius 1 is 1.24 bits per heavy atom. The summed E-state index contributed by atoms with van der Waals surface area (Å²) < 4.78 is 82.7. The summed E-state index contributed by atoms with van der Waals surface area (Å²) in [6, 6.07) is 3.30. The molecule has 0 saturated heterocycles. The van der Waals surface area contributed by atoms with Crippen molar-refractivity contribution in [3.63, 3.8) is 0 Å². The molecule has 25 heavy (non-hydrogen) atoms. The summed E-state index contributed by atoms with van der Waals surface area (Å²) in [4.78, 5) is 3.83. The van der Waals surface area contributed by atoms with Crippen LogP contribution in [0.3, 0.4) is 0 Å². The molecule has 0 aliphatic carbocycles. The van der Waals surface area contributed by atoms with Gasteiger partial charge in [0.05, 0.1) is 6.04 Å². The fourth-order valence-corrected chi connectivity index (χ4v) is 2.17. The van der Waals surface area contributed by atoms with E-state index < -0.39 is 43.1 Å². The molecule has 0 radical (unpaired) electrons. The minimum atomic E-state index is -4.92. The summed E-state index contributed by atoms with van der Waals surface area (Å²) in [5.74, 6) is -0.922. The number of aliphatic imine (C=N–C) groups is 1. The Kier molecular flexibility index (Phi) is 5.47. The Morgan fingerprint density at radius 3 is 2.52 bits per heavy atom. The first-order valence-corrected chi connectivity index (χ1v) is 6.97. The molecular formula is C14H13F6NO4. The third-order valence-corrected chi connectivity index (χ3v) is 3.21. The molecule has 5 nitrogen and oxygen atoms in total. The van der Waals surface area contributed by atoms with Gasteiger partial charge in [-0.1, -0.05) is 6.07 Å². The molecule has 140 valence electrons. The third kappa shape index (κ3) is 5.78. The largest absolute Gasteiger partial charge is 0.573 e. The molecule has 1 aliphatic rings. The van der Waals surface area contributed by atoms with Gasteiger partial charge in [0.15, 0.2) is 6.10 Å². The van der Waals surface area contributed by atoms with Gasteiger partial charge < -0.3 is 19.7 Å². The lowest BCUT2D eigenvalue weighted by atomic mass is 10.0. The van der Waals surface area contributed by atoms with Crippen molar-refractivity contribution in [1.82, 2.24) is 0 Å². The Labute approximate surface area is 137 Å². The van der Waals surface area contributed by atoms with E-state index in [9.17, 15) is 31.4 Å². The van der Waals surface area contributed by atoms with Crippen molar-refractivity contribution in [2.45, 2.75) is 43.8 Å². The van der Waals surface area contributed by atoms with E-state index in [0.29, 0.717) is 0 Å². The van der Waals surface area contributed by atoms with E-state index in [-0.39, 0.29) is 17.9 Å². The SMILES string of the molecule is OC1CC(CC(O)C(F)(F)F)N=C(c2cccc(OC(F)(F)F)c2)O1. The van der Waals surface area contributed by atoms with Gasteiger partial charge in [0, 0.05) is 18.4 Å². The second-order valence-corrected chi connectivity index (χ2v) is 5.27. The van der Waals surface area contributed by atoms with Crippen LogP contribution in [-0.2, 0) is 4.74 Å². The van der Waals surface area contributed by atoms with Gasteiger partial charge >= 0.3 is 12.5 Å². The van der Waals surface area contributed by atoms with Gasteiger partial charge in [0.2, 0.25) is 12.2 Å². The number of rotatable bonds is 4. The second-order valence-electron chi connectivity index (χ2n) is 5.27. The highest BCUT2D eigenvalue weighted by atomic mass is 19.4. The van der Waals surface area contributed by atoms with Crippen LogP contribution in [0.1, 0.15) is 18.4 Å². The van der Waals surface area contributed by atoms with Gasteiger partial charge in [0.1, 0.15) is 5.75 Å². The van der Waals surface area contributed by atoms with E-state index in [1.807, 2.05) is 0 Å². The maximum Gasteiger partial charge on any atom is 0.573 e. The second kappa shape index (κ2) is 7.08. The number of nitrogens with zero attached hydrogens (tertiary/aromatic N) is 1. The third-order valence-electron chi connectivity index (χ3n) is 3.21. The molecule has 1 heterocycles. The predicted molar refractivity (Wildman–Crippen MR) is 71.8 cm³/mol. The molecule has 1 aromatic carbocycles. The topological polar surface area (TPSA) is 71.3 Å². The van der Waals surface area contributed by atoms with Gasteiger partial charge in [0.25, 0.3) is 0 Å². The summed E-state index contributed by atoms with van der Waals surface area (Å²) in [5, 5.41) is 18.7. The fourth-order valence-electron chi connectivity index (χ4n) is 2.17. The zero-order chi connectivity index (χ0) is 18.8. The molecule has 3 atom stereocenters. The van der Waals surface area contributed by atoms with Crippen LogP contribution >= 0.6 is 0 Å². The van der Waals surface area contributed by atoms with Crippen molar-refractivity contribution < 1.29 is 46.0 Å². The van der Waals surface area contributed by atoms with E-state index >= 15 is 0 Å². The van der Waals surface area contributed by atoms with Crippen molar-refractivity contribution in [1.29, 1.82) is 0 Å². The highest BCUT2D eigenvalue weighted by Gasteiger charge is 2.40. The fraction of sp³-hybridized carbons (Fsp3) is 0.500. The zero-order valence-electron chi connectivity index (χ0n) is 12.4. The predicted octanol–water partition coefficient (Wildman–Crippen LogP) is 2.75. The lowest BCUT2D eigenvalue weighted by Crippen LogP contribution is -2.36. The van der Waals surface area contributed by atoms with Gasteiger partial charge in [-0.3, -0.25) is 0 Å². The van der Waals surface area contributed by atoms with E-state index in [2.05, 4.69) is 9.73 Å². The van der Waals surface area contributed by atoms with Crippen LogP contribution in [0.25, 0.3) is 0 Å². The molecule has 11 heteroatoms. The molecule has 2 N–H and O–H groups in total. The van der Waals surface area contributed by atoms with Gasteiger partial charge in [-0.15, -0.1) is 13.2 Å². The average Bonchev–Trinajstić information content (AvgIpc) is 2.44. The van der Waals surface area contributed by atoms with Gasteiger partial charge in [-0.25, -0.2) is 4.99 Å². The highest BCUT2D eigenvalue weighted by Crippen LogP contribution is 2.29. The monoisotopic (exact) mass is 373 g/mol. The van der Waals surface area contributed by atoms with Crippen LogP contribution in [0.2, 0.25) is 0 Å². The first-order valence-electron chi connectivity index (χ1n) is 6.97. The van der Waals surface area contributed by atoms with Crippen LogP contribution in [0.5, 0.6) is 5.75 Å². The Balaban J connectivity index is 2.21. The molecule has 0 fully saturated rings. The Morgan fingerprint density at radius 2 is 1.92 bits per heavy atom. The van der Waals surface area contributed by atoms with Gasteiger partial charge in [-0.2, -0.15) is 13.2 Å². The minimum Gasteiger partial charge on any atom is -0.448 e. The number of hydrogen-bond donors (Lipinski definition) is 2. The smallest absolute Gasteiger partial charge is 0.448 e. The first-order chi connectivity index (χ1) is 11.4. The molecule has 1 aromatic rings. The normalized spacial score (nSPS) is 22.8. The molecule has 0 amide bonds. The van der Waals surface area contributed by atoms with Gasteiger partial charge in [-0.05, 0) is 18.2 Å². The maximum atomic E-state index is 12.4. The zero-order valence-corrected chi connectivity index (χ0v) is 12.4. The highest BCUT2D eigenvalue weighted by molar-refractivity contribution is 5.95. The molecule has 0 aromatic heterocycles. The number of benzene rings is 1.